The van der Waals surface area contributed by atoms with Crippen LogP contribution in [0, 0.1) is 6.92 Å². The van der Waals surface area contributed by atoms with E-state index < -0.39 is 0 Å². The second-order valence-electron chi connectivity index (χ2n) is 4.28. The third kappa shape index (κ3) is 3.98. The number of hydrogen-bond donors (Lipinski definition) is 1. The number of amides is 1. The number of benzene rings is 1. The first kappa shape index (κ1) is 14.9. The smallest absolute Gasteiger partial charge is 0.230 e. The molecule has 0 radical (unpaired) electrons. The van der Waals surface area contributed by atoms with Gasteiger partial charge in [-0.2, -0.15) is 0 Å². The highest BCUT2D eigenvalue weighted by Crippen LogP contribution is 2.14. The molecule has 0 unspecified atom stereocenters. The molecular formula is C13H15ClN4OS. The van der Waals surface area contributed by atoms with E-state index in [9.17, 15) is 4.79 Å². The molecule has 0 bridgehead atoms. The highest BCUT2D eigenvalue weighted by Gasteiger charge is 2.08. The van der Waals surface area contributed by atoms with Crippen LogP contribution in [0.25, 0.3) is 0 Å². The zero-order valence-electron chi connectivity index (χ0n) is 11.3. The van der Waals surface area contributed by atoms with E-state index in [4.69, 9.17) is 11.6 Å². The normalized spacial score (nSPS) is 10.6. The first-order chi connectivity index (χ1) is 9.56. The van der Waals surface area contributed by atoms with Gasteiger partial charge in [0.25, 0.3) is 0 Å². The molecule has 0 aliphatic heterocycles. The maximum atomic E-state index is 11.8. The minimum atomic E-state index is -0.0365. The predicted octanol–water partition coefficient (Wildman–Crippen LogP) is 2.19. The van der Waals surface area contributed by atoms with Crippen molar-refractivity contribution in [2.45, 2.75) is 18.6 Å². The number of carbonyl (C=O) groups is 1. The van der Waals surface area contributed by atoms with Crippen LogP contribution in [-0.2, 0) is 18.4 Å². The largest absolute Gasteiger partial charge is 0.351 e. The molecule has 0 fully saturated rings. The Morgan fingerprint density at radius 3 is 2.65 bits per heavy atom. The van der Waals surface area contributed by atoms with Gasteiger partial charge in [-0.25, -0.2) is 0 Å². The average Bonchev–Trinajstić information content (AvgIpc) is 2.76. The Balaban J connectivity index is 1.78. The molecule has 1 N–H and O–H groups in total. The molecule has 2 rings (SSSR count). The van der Waals surface area contributed by atoms with Gasteiger partial charge in [0.15, 0.2) is 5.16 Å². The molecule has 0 saturated carbocycles. The van der Waals surface area contributed by atoms with Crippen LogP contribution in [0.4, 0.5) is 0 Å². The molecule has 1 aromatic carbocycles. The van der Waals surface area contributed by atoms with Gasteiger partial charge in [0, 0.05) is 18.6 Å². The molecule has 5 nitrogen and oxygen atoms in total. The van der Waals surface area contributed by atoms with Gasteiger partial charge in [-0.15, -0.1) is 10.2 Å². The number of carbonyl (C=O) groups excluding carboxylic acids is 1. The number of thioether (sulfide) groups is 1. The van der Waals surface area contributed by atoms with Crippen molar-refractivity contribution in [3.63, 3.8) is 0 Å². The monoisotopic (exact) mass is 310 g/mol. The Bertz CT molecular complexity index is 597. The molecule has 0 aliphatic rings. The molecule has 0 aliphatic carbocycles. The maximum Gasteiger partial charge on any atom is 0.230 e. The molecule has 7 heteroatoms. The van der Waals surface area contributed by atoms with Crippen LogP contribution in [0.1, 0.15) is 11.4 Å². The number of nitrogens with zero attached hydrogens (tertiary/aromatic N) is 3. The quantitative estimate of drug-likeness (QED) is 0.860. The third-order valence-corrected chi connectivity index (χ3v) is 4.06. The summed E-state index contributed by atoms with van der Waals surface area (Å²) in [5, 5.41) is 12.2. The summed E-state index contributed by atoms with van der Waals surface area (Å²) >= 11 is 7.17. The van der Waals surface area contributed by atoms with Crippen LogP contribution < -0.4 is 5.32 Å². The van der Waals surface area contributed by atoms with Gasteiger partial charge in [0.2, 0.25) is 5.91 Å². The highest BCUT2D eigenvalue weighted by atomic mass is 35.5. The Kier molecular flexibility index (Phi) is 5.03. The standard InChI is InChI=1S/C13H15ClN4OS/c1-9-16-17-13(18(9)2)20-8-12(19)15-7-10-3-5-11(14)6-4-10/h3-6H,7-8H2,1-2H3,(H,15,19). The molecular weight excluding hydrogens is 296 g/mol. The summed E-state index contributed by atoms with van der Waals surface area (Å²) in [4.78, 5) is 11.8. The van der Waals surface area contributed by atoms with Gasteiger partial charge in [-0.3, -0.25) is 4.79 Å². The van der Waals surface area contributed by atoms with E-state index in [2.05, 4.69) is 15.5 Å². The minimum Gasteiger partial charge on any atom is -0.351 e. The predicted molar refractivity (Wildman–Crippen MR) is 79.8 cm³/mol. The zero-order chi connectivity index (χ0) is 14.5. The number of aryl methyl sites for hydroxylation is 1. The molecule has 0 saturated heterocycles. The van der Waals surface area contributed by atoms with E-state index in [-0.39, 0.29) is 5.91 Å². The van der Waals surface area contributed by atoms with Crippen molar-refractivity contribution in [3.05, 3.63) is 40.7 Å². The number of nitrogens with one attached hydrogen (secondary N) is 1. The van der Waals surface area contributed by atoms with Crippen molar-refractivity contribution in [2.24, 2.45) is 7.05 Å². The molecule has 106 valence electrons. The number of rotatable bonds is 5. The lowest BCUT2D eigenvalue weighted by Gasteiger charge is -2.05. The summed E-state index contributed by atoms with van der Waals surface area (Å²) in [6, 6.07) is 7.39. The SMILES string of the molecule is Cc1nnc(SCC(=O)NCc2ccc(Cl)cc2)n1C. The summed E-state index contributed by atoms with van der Waals surface area (Å²) in [6.07, 6.45) is 0. The lowest BCUT2D eigenvalue weighted by atomic mass is 10.2. The summed E-state index contributed by atoms with van der Waals surface area (Å²) in [7, 11) is 1.88. The van der Waals surface area contributed by atoms with Gasteiger partial charge in [0.05, 0.1) is 5.75 Å². The fraction of sp³-hybridized carbons (Fsp3) is 0.308. The Labute approximate surface area is 126 Å². The van der Waals surface area contributed by atoms with Gasteiger partial charge >= 0.3 is 0 Å². The van der Waals surface area contributed by atoms with Crippen molar-refractivity contribution >= 4 is 29.3 Å². The van der Waals surface area contributed by atoms with Crippen LogP contribution in [0.2, 0.25) is 5.02 Å². The Morgan fingerprint density at radius 1 is 1.35 bits per heavy atom. The second-order valence-corrected chi connectivity index (χ2v) is 5.66. The van der Waals surface area contributed by atoms with Crippen LogP contribution in [0.3, 0.4) is 0 Å². The summed E-state index contributed by atoms with van der Waals surface area (Å²) in [5.41, 5.74) is 1.02. The van der Waals surface area contributed by atoms with Crippen molar-refractivity contribution in [2.75, 3.05) is 5.75 Å². The van der Waals surface area contributed by atoms with Gasteiger partial charge < -0.3 is 9.88 Å². The second kappa shape index (κ2) is 6.76. The van der Waals surface area contributed by atoms with Crippen molar-refractivity contribution in [3.8, 4) is 0 Å². The lowest BCUT2D eigenvalue weighted by molar-refractivity contribution is -0.118. The van der Waals surface area contributed by atoms with Crippen molar-refractivity contribution < 1.29 is 4.79 Å². The van der Waals surface area contributed by atoms with Crippen LogP contribution in [0.15, 0.2) is 29.4 Å². The number of halogens is 1. The lowest BCUT2D eigenvalue weighted by Crippen LogP contribution is -2.24. The Hall–Kier alpha value is -1.53. The molecule has 20 heavy (non-hydrogen) atoms. The average molecular weight is 311 g/mol. The van der Waals surface area contributed by atoms with Gasteiger partial charge in [-0.05, 0) is 24.6 Å². The molecule has 1 amide bonds. The van der Waals surface area contributed by atoms with Crippen LogP contribution >= 0.6 is 23.4 Å². The molecule has 1 heterocycles. The summed E-state index contributed by atoms with van der Waals surface area (Å²) < 4.78 is 1.86. The van der Waals surface area contributed by atoms with Crippen molar-refractivity contribution in [1.29, 1.82) is 0 Å². The van der Waals surface area contributed by atoms with Crippen LogP contribution in [-0.4, -0.2) is 26.4 Å². The van der Waals surface area contributed by atoms with E-state index >= 15 is 0 Å². The van der Waals surface area contributed by atoms with E-state index in [0.29, 0.717) is 17.3 Å². The highest BCUT2D eigenvalue weighted by molar-refractivity contribution is 7.99. The molecule has 0 spiro atoms. The number of hydrogen-bond acceptors (Lipinski definition) is 4. The minimum absolute atomic E-state index is 0.0365. The Morgan fingerprint density at radius 2 is 2.05 bits per heavy atom. The maximum absolute atomic E-state index is 11.8. The molecule has 2 aromatic rings. The number of aromatic nitrogens is 3. The molecule has 0 atom stereocenters. The van der Waals surface area contributed by atoms with E-state index in [1.165, 1.54) is 11.8 Å². The van der Waals surface area contributed by atoms with Gasteiger partial charge in [-0.1, -0.05) is 35.5 Å². The zero-order valence-corrected chi connectivity index (χ0v) is 12.8. The van der Waals surface area contributed by atoms with Gasteiger partial charge in [0.1, 0.15) is 5.82 Å². The first-order valence-electron chi connectivity index (χ1n) is 6.06. The summed E-state index contributed by atoms with van der Waals surface area (Å²) in [6.45, 7) is 2.37. The molecule has 1 aromatic heterocycles. The fourth-order valence-corrected chi connectivity index (χ4v) is 2.41. The van der Waals surface area contributed by atoms with Crippen molar-refractivity contribution in [1.82, 2.24) is 20.1 Å². The third-order valence-electron chi connectivity index (χ3n) is 2.79. The van der Waals surface area contributed by atoms with E-state index in [1.54, 1.807) is 12.1 Å². The fourth-order valence-electron chi connectivity index (χ4n) is 1.50. The van der Waals surface area contributed by atoms with E-state index in [1.807, 2.05) is 30.7 Å². The van der Waals surface area contributed by atoms with E-state index in [0.717, 1.165) is 16.5 Å². The topological polar surface area (TPSA) is 59.8 Å². The first-order valence-corrected chi connectivity index (χ1v) is 7.42. The summed E-state index contributed by atoms with van der Waals surface area (Å²) in [5.74, 6) is 1.11. The van der Waals surface area contributed by atoms with Crippen LogP contribution in [0.5, 0.6) is 0 Å².